The zero-order valence-corrected chi connectivity index (χ0v) is 28.3. The average Bonchev–Trinajstić information content (AvgIpc) is 1.94. The van der Waals surface area contributed by atoms with E-state index in [4.69, 9.17) is 115 Å². The first-order valence-electron chi connectivity index (χ1n) is 4.38. The van der Waals surface area contributed by atoms with Crippen LogP contribution in [0, 0.1) is 0 Å². The molecule has 24 nitrogen and oxygen atoms in total. The molecule has 0 aromatic heterocycles. The Balaban J connectivity index is -0.0000000186. The van der Waals surface area contributed by atoms with Gasteiger partial charge >= 0.3 is 121 Å². The zero-order valence-electron chi connectivity index (χ0n) is 16.5. The van der Waals surface area contributed by atoms with Crippen molar-refractivity contribution >= 4 is 64.3 Å². The Bertz CT molecular complexity index is 489. The predicted octanol–water partition coefficient (Wildman–Crippen LogP) is -23.3. The molecule has 0 radical (unpaired) electrons. The Morgan fingerprint density at radius 1 is 0.278 bits per heavy atom. The van der Waals surface area contributed by atoms with Gasteiger partial charge in [-0.3, -0.25) is 0 Å². The largest absolute Gasteiger partial charge is 5.00 e. The molecule has 0 bridgehead atoms. The Labute approximate surface area is 280 Å². The van der Waals surface area contributed by atoms with Crippen LogP contribution in [0.2, 0.25) is 0 Å². The normalized spacial score (nSPS) is 9.83. The third-order valence-electron chi connectivity index (χ3n) is 0. The quantitative estimate of drug-likeness (QED) is 0.162. The summed E-state index contributed by atoms with van der Waals surface area (Å²) in [6.45, 7) is 0. The minimum absolute atomic E-state index is 0. The minimum atomic E-state index is -5.39. The summed E-state index contributed by atoms with van der Waals surface area (Å²) in [4.78, 5) is 154. The van der Waals surface area contributed by atoms with Gasteiger partial charge in [-0.1, -0.05) is 0 Å². The molecule has 0 aromatic carbocycles. The first-order chi connectivity index (χ1) is 12.0. The van der Waals surface area contributed by atoms with Gasteiger partial charge < -0.3 is 115 Å². The van der Waals surface area contributed by atoms with Crippen LogP contribution >= 0.6 is 46.9 Å². The van der Waals surface area contributed by atoms with E-state index in [0.717, 1.165) is 0 Å². The molecule has 36 heteroatoms. The van der Waals surface area contributed by atoms with Gasteiger partial charge in [0.25, 0.3) is 0 Å². The molecule has 0 amide bonds. The maximum atomic E-state index is 8.55. The second kappa shape index (κ2) is 35.8. The molecule has 192 valence electrons. The van der Waals surface area contributed by atoms with E-state index in [1.54, 1.807) is 0 Å². The van der Waals surface area contributed by atoms with Gasteiger partial charge in [0, 0.05) is 0 Å². The van der Waals surface area contributed by atoms with Crippen molar-refractivity contribution in [2.45, 2.75) is 0 Å². The van der Waals surface area contributed by atoms with Crippen LogP contribution in [0.15, 0.2) is 0 Å². The molecule has 0 aliphatic rings. The van der Waals surface area contributed by atoms with Crippen LogP contribution in [0.5, 0.6) is 0 Å². The van der Waals surface area contributed by atoms with Crippen LogP contribution in [0.1, 0.15) is 0 Å². The van der Waals surface area contributed by atoms with Crippen molar-refractivity contribution in [2.24, 2.45) is 0 Å². The summed E-state index contributed by atoms with van der Waals surface area (Å²) >= 11 is 0. The molecular formula is AlLi2NbO24P6Ti2. The number of phosphoric acid groups is 6. The van der Waals surface area contributed by atoms with Crippen molar-refractivity contribution in [1.29, 1.82) is 0 Å². The predicted molar refractivity (Wildman–Crippen MR) is 51.4 cm³/mol. The van der Waals surface area contributed by atoms with E-state index in [9.17, 15) is 0 Å². The van der Waals surface area contributed by atoms with Crippen molar-refractivity contribution in [3.8, 4) is 0 Å². The van der Waals surface area contributed by atoms with E-state index in [0.29, 0.717) is 0 Å². The second-order valence-electron chi connectivity index (χ2n) is 2.68. The molecule has 0 heterocycles. The van der Waals surface area contributed by atoms with E-state index < -0.39 is 46.9 Å². The monoisotopic (exact) mass is 800 g/mol. The first kappa shape index (κ1) is 77.8. The van der Waals surface area contributed by atoms with Crippen molar-refractivity contribution < 1.29 is 219 Å². The minimum Gasteiger partial charge on any atom is -0.822 e. The molecule has 0 atom stereocenters. The van der Waals surface area contributed by atoms with Crippen molar-refractivity contribution in [3.05, 3.63) is 0 Å². The number of rotatable bonds is 0. The zero-order chi connectivity index (χ0) is 27.0. The number of hydrogen-bond acceptors (Lipinski definition) is 24. The van der Waals surface area contributed by atoms with Gasteiger partial charge in [-0.05, 0) is 0 Å². The van der Waals surface area contributed by atoms with Gasteiger partial charge in [0.1, 0.15) is 0 Å². The van der Waals surface area contributed by atoms with Crippen LogP contribution in [-0.2, 0) is 93.2 Å². The fraction of sp³-hybridized carbons (Fsp3) is 0. The molecule has 0 fully saturated rings. The maximum Gasteiger partial charge on any atom is 5.00 e. The Morgan fingerprint density at radius 3 is 0.278 bits per heavy atom. The Kier molecular flexibility index (Phi) is 77.3. The summed E-state index contributed by atoms with van der Waals surface area (Å²) < 4.78 is 51.3. The van der Waals surface area contributed by atoms with Gasteiger partial charge in [-0.25, -0.2) is 0 Å². The third kappa shape index (κ3) is 2620. The fourth-order valence-corrected chi connectivity index (χ4v) is 0. The van der Waals surface area contributed by atoms with E-state index in [-0.39, 0.29) is 121 Å². The van der Waals surface area contributed by atoms with Crippen LogP contribution < -0.4 is 126 Å². The summed E-state index contributed by atoms with van der Waals surface area (Å²) in [7, 11) is -32.3. The van der Waals surface area contributed by atoms with Crippen molar-refractivity contribution in [1.82, 2.24) is 0 Å². The molecule has 0 saturated heterocycles. The molecule has 0 aliphatic heterocycles. The Morgan fingerprint density at radius 2 is 0.278 bits per heavy atom. The first-order valence-corrected chi connectivity index (χ1v) is 13.1. The molecular weight excluding hydrogens is 799 g/mol. The topological polar surface area (TPSA) is 518 Å². The van der Waals surface area contributed by atoms with Gasteiger partial charge in [0.05, 0.1) is 0 Å². The second-order valence-corrected chi connectivity index (χ2v) is 8.05. The molecule has 0 rings (SSSR count). The molecule has 0 aromatic rings. The molecule has 0 saturated carbocycles. The third-order valence-corrected chi connectivity index (χ3v) is 0. The van der Waals surface area contributed by atoms with Crippen molar-refractivity contribution in [2.75, 3.05) is 0 Å². The van der Waals surface area contributed by atoms with Crippen LogP contribution in [0.25, 0.3) is 0 Å². The smallest absolute Gasteiger partial charge is 0.822 e. The maximum absolute atomic E-state index is 8.55. The van der Waals surface area contributed by atoms with E-state index in [1.807, 2.05) is 0 Å². The van der Waals surface area contributed by atoms with E-state index in [2.05, 4.69) is 0 Å². The molecule has 36 heavy (non-hydrogen) atoms. The SMILES string of the molecule is O=P([O-])([O-])[O-].O=P([O-])([O-])[O-].O=P([O-])([O-])[O-].O=P([O-])([O-])[O-].O=P([O-])([O-])[O-].O=P([O-])([O-])[O-].[Al+3].[Li+].[Li+].[Nb+5].[Ti+4].[Ti+4]. The summed E-state index contributed by atoms with van der Waals surface area (Å²) in [5, 5.41) is 0. The number of hydrogen-bond donors (Lipinski definition) is 0. The molecule has 0 aliphatic carbocycles. The summed E-state index contributed by atoms with van der Waals surface area (Å²) in [6, 6.07) is 0. The van der Waals surface area contributed by atoms with Gasteiger partial charge in [-0.15, -0.1) is 0 Å². The van der Waals surface area contributed by atoms with Crippen LogP contribution in [0.4, 0.5) is 0 Å². The van der Waals surface area contributed by atoms with Gasteiger partial charge in [0.15, 0.2) is 0 Å². The van der Waals surface area contributed by atoms with Crippen LogP contribution in [0.3, 0.4) is 0 Å². The summed E-state index contributed by atoms with van der Waals surface area (Å²) in [5.74, 6) is 0. The summed E-state index contributed by atoms with van der Waals surface area (Å²) in [6.07, 6.45) is 0. The van der Waals surface area contributed by atoms with Crippen LogP contribution in [-0.4, -0.2) is 17.4 Å². The molecule has 0 spiro atoms. The molecule has 0 unspecified atom stereocenters. The average molecular weight is 799 g/mol. The van der Waals surface area contributed by atoms with Gasteiger partial charge in [-0.2, -0.15) is 46.9 Å². The van der Waals surface area contributed by atoms with Gasteiger partial charge in [0.2, 0.25) is 0 Å². The standard InChI is InChI=1S/Al.2Li.Nb.6H3O4P.2Ti/c;;;;6*1-5(2,3)4;;/h;;;;6*(H3,1,2,3,4);;/q+3;2*+1;+5;;;;;;;2*+4/p-18. The van der Waals surface area contributed by atoms with E-state index in [1.165, 1.54) is 0 Å². The molecule has 0 N–H and O–H groups in total. The Hall–Kier alpha value is 4.56. The summed E-state index contributed by atoms with van der Waals surface area (Å²) in [5.41, 5.74) is 0. The van der Waals surface area contributed by atoms with E-state index >= 15 is 0 Å². The fourth-order valence-electron chi connectivity index (χ4n) is 0. The van der Waals surface area contributed by atoms with Crippen molar-refractivity contribution in [3.63, 3.8) is 0 Å².